The zero-order valence-corrected chi connectivity index (χ0v) is 25.9. The molecule has 34 heavy (non-hydrogen) atoms. The van der Waals surface area contributed by atoms with E-state index in [9.17, 15) is 0 Å². The van der Waals surface area contributed by atoms with Gasteiger partial charge in [-0.2, -0.15) is 0 Å². The van der Waals surface area contributed by atoms with E-state index in [1.807, 2.05) is 0 Å². The lowest BCUT2D eigenvalue weighted by Gasteiger charge is -2.62. The fourth-order valence-electron chi connectivity index (χ4n) is 9.39. The summed E-state index contributed by atoms with van der Waals surface area (Å²) in [4.78, 5) is 5.33. The third-order valence-corrected chi connectivity index (χ3v) is 12.6. The van der Waals surface area contributed by atoms with Gasteiger partial charge in [-0.1, -0.05) is 19.0 Å². The van der Waals surface area contributed by atoms with Crippen LogP contribution in [-0.4, -0.2) is 41.2 Å². The van der Waals surface area contributed by atoms with E-state index in [0.29, 0.717) is 11.5 Å². The summed E-state index contributed by atoms with van der Waals surface area (Å²) >= 11 is 0. The minimum Gasteiger partial charge on any atom is -0.415 e. The van der Waals surface area contributed by atoms with Crippen molar-refractivity contribution in [1.82, 2.24) is 0 Å². The van der Waals surface area contributed by atoms with Crippen LogP contribution in [0.15, 0.2) is 5.16 Å². The lowest BCUT2D eigenvalue weighted by atomic mass is 9.44. The molecule has 0 amide bonds. The minimum atomic E-state index is -1.77. The first-order valence-electron chi connectivity index (χ1n) is 14.1. The molecule has 4 nitrogen and oxygen atoms in total. The van der Waals surface area contributed by atoms with Crippen molar-refractivity contribution in [2.75, 3.05) is 7.11 Å². The maximum absolute atomic E-state index is 7.16. The number of oxime groups is 1. The Hall–Kier alpha value is -0.176. The van der Waals surface area contributed by atoms with Gasteiger partial charge in [-0.3, -0.25) is 0 Å². The first kappa shape index (κ1) is 26.9. The molecular weight excluding hydrogens is 454 g/mol. The van der Waals surface area contributed by atoms with Gasteiger partial charge in [0.1, 0.15) is 12.7 Å². The SMILES string of the molecule is CON=C(C)[C@@]1(O[Si](C)(C)C)CCC2C3CC[C@@H]4C[C@@H](O[Si](C)(C)C)CCC4(C)C3CCC21C. The normalized spacial score (nSPS) is 45.4. The molecule has 0 aliphatic heterocycles. The smallest absolute Gasteiger partial charge is 0.185 e. The highest BCUT2D eigenvalue weighted by Crippen LogP contribution is 2.69. The van der Waals surface area contributed by atoms with Gasteiger partial charge in [0.25, 0.3) is 0 Å². The average Bonchev–Trinajstić information content (AvgIpc) is 2.99. The predicted octanol–water partition coefficient (Wildman–Crippen LogP) is 7.86. The molecule has 4 saturated carbocycles. The molecule has 4 rings (SSSR count). The molecule has 0 spiro atoms. The second-order valence-electron chi connectivity index (χ2n) is 14.7. The highest BCUT2D eigenvalue weighted by atomic mass is 28.4. The van der Waals surface area contributed by atoms with Crippen LogP contribution in [0.2, 0.25) is 39.3 Å². The molecular formula is C28H53NO3Si2. The van der Waals surface area contributed by atoms with Crippen molar-refractivity contribution in [3.05, 3.63) is 0 Å². The summed E-state index contributed by atoms with van der Waals surface area (Å²) in [7, 11) is -1.56. The molecule has 4 aliphatic rings. The van der Waals surface area contributed by atoms with Gasteiger partial charge >= 0.3 is 0 Å². The van der Waals surface area contributed by atoms with Crippen molar-refractivity contribution >= 4 is 22.3 Å². The number of fused-ring (bicyclic) bond motifs is 5. The Balaban J connectivity index is 1.60. The zero-order valence-electron chi connectivity index (χ0n) is 23.9. The van der Waals surface area contributed by atoms with Crippen LogP contribution >= 0.6 is 0 Å². The van der Waals surface area contributed by atoms with Gasteiger partial charge in [0.05, 0.1) is 5.71 Å². The molecule has 0 N–H and O–H groups in total. The van der Waals surface area contributed by atoms with Crippen LogP contribution in [0.25, 0.3) is 0 Å². The summed E-state index contributed by atoms with van der Waals surface area (Å²) < 4.78 is 13.8. The van der Waals surface area contributed by atoms with Crippen molar-refractivity contribution < 1.29 is 13.7 Å². The Morgan fingerprint density at radius 1 is 0.824 bits per heavy atom. The van der Waals surface area contributed by atoms with E-state index < -0.39 is 16.6 Å². The van der Waals surface area contributed by atoms with Gasteiger partial charge in [-0.05, 0) is 133 Å². The van der Waals surface area contributed by atoms with Gasteiger partial charge in [0.15, 0.2) is 16.6 Å². The molecule has 5 unspecified atom stereocenters. The average molecular weight is 508 g/mol. The van der Waals surface area contributed by atoms with Gasteiger partial charge < -0.3 is 13.7 Å². The molecule has 0 heterocycles. The van der Waals surface area contributed by atoms with Crippen molar-refractivity contribution in [3.63, 3.8) is 0 Å². The predicted molar refractivity (Wildman–Crippen MR) is 147 cm³/mol. The Bertz CT molecular complexity index is 790. The highest BCUT2D eigenvalue weighted by Gasteiger charge is 2.67. The Labute approximate surface area is 212 Å². The van der Waals surface area contributed by atoms with E-state index in [-0.39, 0.29) is 11.0 Å². The fraction of sp³-hybridized carbons (Fsp3) is 0.964. The van der Waals surface area contributed by atoms with E-state index in [1.165, 1.54) is 51.4 Å². The van der Waals surface area contributed by atoms with E-state index in [4.69, 9.17) is 13.7 Å². The van der Waals surface area contributed by atoms with E-state index in [0.717, 1.165) is 35.8 Å². The maximum atomic E-state index is 7.16. The van der Waals surface area contributed by atoms with Crippen LogP contribution in [-0.2, 0) is 13.7 Å². The molecule has 6 heteroatoms. The largest absolute Gasteiger partial charge is 0.415 e. The van der Waals surface area contributed by atoms with Crippen LogP contribution in [0.4, 0.5) is 0 Å². The minimum absolute atomic E-state index is 0.155. The molecule has 4 fully saturated rings. The molecule has 0 radical (unpaired) electrons. The summed E-state index contributed by atoms with van der Waals surface area (Å²) in [5.74, 6) is 3.27. The standard InChI is InChI=1S/C28H53NO3Si2/c1-20(29-30-4)28(32-34(8,9)10)18-15-25-23-12-11-21-19-22(31-33(5,6)7)13-16-26(21,2)24(23)14-17-27(25,28)3/h21-25H,11-19H2,1-10H3/t21-,22+,23?,24?,25?,26?,27?,28+/m1/s1. The van der Waals surface area contributed by atoms with E-state index in [1.54, 1.807) is 7.11 Å². The number of nitrogens with zero attached hydrogens (tertiary/aromatic N) is 1. The summed E-state index contributed by atoms with van der Waals surface area (Å²) in [6.45, 7) is 21.5. The summed E-state index contributed by atoms with van der Waals surface area (Å²) in [6, 6.07) is 0. The number of hydrogen-bond donors (Lipinski definition) is 0. The van der Waals surface area contributed by atoms with Crippen molar-refractivity contribution in [3.8, 4) is 0 Å². The lowest BCUT2D eigenvalue weighted by Crippen LogP contribution is -2.61. The Kier molecular flexibility index (Phi) is 7.10. The number of rotatable bonds is 6. The summed E-state index contributed by atoms with van der Waals surface area (Å²) in [5, 5.41) is 4.52. The third-order valence-electron chi connectivity index (χ3n) is 10.6. The molecule has 0 aromatic heterocycles. The third kappa shape index (κ3) is 4.52. The van der Waals surface area contributed by atoms with Crippen LogP contribution in [0.1, 0.15) is 78.6 Å². The zero-order chi connectivity index (χ0) is 25.2. The second-order valence-corrected chi connectivity index (χ2v) is 23.6. The van der Waals surface area contributed by atoms with Gasteiger partial charge in [0, 0.05) is 11.5 Å². The van der Waals surface area contributed by atoms with E-state index in [2.05, 4.69) is 65.2 Å². The van der Waals surface area contributed by atoms with Crippen molar-refractivity contribution in [2.45, 2.75) is 130 Å². The van der Waals surface area contributed by atoms with Crippen molar-refractivity contribution in [2.24, 2.45) is 39.7 Å². The van der Waals surface area contributed by atoms with Crippen LogP contribution in [0.5, 0.6) is 0 Å². The van der Waals surface area contributed by atoms with Crippen LogP contribution in [0, 0.1) is 34.5 Å². The van der Waals surface area contributed by atoms with Gasteiger partial charge in [-0.25, -0.2) is 0 Å². The molecule has 0 aromatic carbocycles. The van der Waals surface area contributed by atoms with Crippen molar-refractivity contribution in [1.29, 1.82) is 0 Å². The molecule has 0 saturated heterocycles. The van der Waals surface area contributed by atoms with Crippen LogP contribution in [0.3, 0.4) is 0 Å². The molecule has 196 valence electrons. The van der Waals surface area contributed by atoms with Crippen LogP contribution < -0.4 is 0 Å². The fourth-order valence-corrected chi connectivity index (χ4v) is 12.1. The quantitative estimate of drug-likeness (QED) is 0.209. The molecule has 0 aromatic rings. The lowest BCUT2D eigenvalue weighted by molar-refractivity contribution is -0.139. The summed E-state index contributed by atoms with van der Waals surface area (Å²) in [5.41, 5.74) is 1.46. The topological polar surface area (TPSA) is 40.0 Å². The molecule has 0 bridgehead atoms. The Morgan fingerprint density at radius 3 is 2.12 bits per heavy atom. The van der Waals surface area contributed by atoms with E-state index >= 15 is 0 Å². The molecule has 4 aliphatic carbocycles. The first-order chi connectivity index (χ1) is 15.7. The second kappa shape index (κ2) is 8.99. The van der Waals surface area contributed by atoms with Gasteiger partial charge in [0.2, 0.25) is 0 Å². The first-order valence-corrected chi connectivity index (χ1v) is 20.9. The summed E-state index contributed by atoms with van der Waals surface area (Å²) in [6.07, 6.45) is 12.2. The maximum Gasteiger partial charge on any atom is 0.185 e. The monoisotopic (exact) mass is 507 g/mol. The number of hydrogen-bond acceptors (Lipinski definition) is 4. The Morgan fingerprint density at radius 2 is 1.50 bits per heavy atom. The molecule has 8 atom stereocenters. The van der Waals surface area contributed by atoms with Gasteiger partial charge in [-0.15, -0.1) is 0 Å². The highest BCUT2D eigenvalue weighted by molar-refractivity contribution is 6.70.